The molecule has 11 nitrogen and oxygen atoms in total. The number of benzene rings is 1. The third-order valence-corrected chi connectivity index (χ3v) is 6.82. The summed E-state index contributed by atoms with van der Waals surface area (Å²) in [6.45, 7) is 7.12. The van der Waals surface area contributed by atoms with Gasteiger partial charge in [0.1, 0.15) is 17.8 Å². The van der Waals surface area contributed by atoms with Crippen molar-refractivity contribution in [1.29, 1.82) is 0 Å². The fraction of sp³-hybridized carbons (Fsp3) is 0.375. The summed E-state index contributed by atoms with van der Waals surface area (Å²) in [5.74, 6) is -0.106. The van der Waals surface area contributed by atoms with Gasteiger partial charge in [-0.2, -0.15) is 5.10 Å². The molecule has 3 N–H and O–H groups in total. The SMILES string of the molecule is C=CC(=O)N1CCC[C@@H](n2nc(-c3ccc(C(=O)NN4CCOCC4)c(Cl)c3)c3c(N)ncnc32)C1. The maximum Gasteiger partial charge on any atom is 0.267 e. The third-order valence-electron chi connectivity index (χ3n) is 6.50. The molecule has 1 aromatic carbocycles. The molecule has 0 radical (unpaired) electrons. The highest BCUT2D eigenvalue weighted by molar-refractivity contribution is 6.34. The molecule has 2 aromatic heterocycles. The van der Waals surface area contributed by atoms with E-state index in [4.69, 9.17) is 27.2 Å². The summed E-state index contributed by atoms with van der Waals surface area (Å²) < 4.78 is 7.13. The van der Waals surface area contributed by atoms with Crippen LogP contribution in [0.3, 0.4) is 0 Å². The Bertz CT molecular complexity index is 1320. The van der Waals surface area contributed by atoms with E-state index in [2.05, 4.69) is 22.0 Å². The topological polar surface area (TPSA) is 132 Å². The molecule has 0 spiro atoms. The minimum absolute atomic E-state index is 0.0813. The Hall–Kier alpha value is -3.54. The van der Waals surface area contributed by atoms with Crippen molar-refractivity contribution in [2.75, 3.05) is 45.1 Å². The number of piperidine rings is 1. The predicted molar refractivity (Wildman–Crippen MR) is 135 cm³/mol. The second-order valence-corrected chi connectivity index (χ2v) is 9.18. The van der Waals surface area contributed by atoms with E-state index in [1.54, 1.807) is 23.1 Å². The molecule has 2 aliphatic rings. The number of fused-ring (bicyclic) bond motifs is 1. The third kappa shape index (κ3) is 4.64. The van der Waals surface area contributed by atoms with E-state index in [9.17, 15) is 9.59 Å². The standard InChI is InChI=1S/C24H27ClN8O3/c1-2-19(34)31-7-3-4-16(13-31)33-23-20(22(26)27-14-28-23)21(29-33)15-5-6-17(18(25)12-15)24(35)30-32-8-10-36-11-9-32/h2,5-6,12,14,16H,1,3-4,7-11,13H2,(H,30,35)(H2,26,27,28)/t16-/m1/s1. The molecule has 0 bridgehead atoms. The summed E-state index contributed by atoms with van der Waals surface area (Å²) in [4.78, 5) is 35.4. The fourth-order valence-electron chi connectivity index (χ4n) is 4.66. The first-order valence-corrected chi connectivity index (χ1v) is 12.2. The van der Waals surface area contributed by atoms with Crippen LogP contribution in [0.2, 0.25) is 5.02 Å². The van der Waals surface area contributed by atoms with Crippen molar-refractivity contribution >= 4 is 40.3 Å². The zero-order chi connectivity index (χ0) is 25.2. The fourth-order valence-corrected chi connectivity index (χ4v) is 4.93. The molecule has 1 atom stereocenters. The molecule has 2 aliphatic heterocycles. The van der Waals surface area contributed by atoms with Crippen molar-refractivity contribution in [3.63, 3.8) is 0 Å². The van der Waals surface area contributed by atoms with Crippen LogP contribution < -0.4 is 11.2 Å². The Morgan fingerprint density at radius 1 is 1.22 bits per heavy atom. The summed E-state index contributed by atoms with van der Waals surface area (Å²) in [6, 6.07) is 5.07. The molecule has 12 heteroatoms. The lowest BCUT2D eigenvalue weighted by atomic mass is 10.1. The Kier molecular flexibility index (Phi) is 6.86. The van der Waals surface area contributed by atoms with Crippen LogP contribution in [0.4, 0.5) is 5.82 Å². The number of likely N-dealkylation sites (tertiary alicyclic amines) is 1. The number of nitrogens with one attached hydrogen (secondary N) is 1. The van der Waals surface area contributed by atoms with Crippen molar-refractivity contribution in [3.8, 4) is 11.3 Å². The quantitative estimate of drug-likeness (QED) is 0.498. The van der Waals surface area contributed by atoms with Gasteiger partial charge in [-0.05, 0) is 31.1 Å². The molecule has 36 heavy (non-hydrogen) atoms. The van der Waals surface area contributed by atoms with E-state index >= 15 is 0 Å². The number of nitrogens with zero attached hydrogens (tertiary/aromatic N) is 6. The molecule has 0 aliphatic carbocycles. The maximum atomic E-state index is 12.8. The van der Waals surface area contributed by atoms with Crippen molar-refractivity contribution < 1.29 is 14.3 Å². The molecule has 5 rings (SSSR count). The molecule has 3 aromatic rings. The van der Waals surface area contributed by atoms with Crippen LogP contribution in [0.5, 0.6) is 0 Å². The van der Waals surface area contributed by atoms with Crippen LogP contribution in [0.25, 0.3) is 22.3 Å². The van der Waals surface area contributed by atoms with Gasteiger partial charge in [-0.1, -0.05) is 24.2 Å². The van der Waals surface area contributed by atoms with Gasteiger partial charge in [0.2, 0.25) is 5.91 Å². The highest BCUT2D eigenvalue weighted by Crippen LogP contribution is 2.35. The van der Waals surface area contributed by atoms with Gasteiger partial charge >= 0.3 is 0 Å². The molecule has 4 heterocycles. The van der Waals surface area contributed by atoms with Gasteiger partial charge in [-0.15, -0.1) is 0 Å². The monoisotopic (exact) mass is 510 g/mol. The van der Waals surface area contributed by atoms with Gasteiger partial charge in [-0.3, -0.25) is 15.0 Å². The van der Waals surface area contributed by atoms with E-state index in [0.717, 1.165) is 12.8 Å². The first-order chi connectivity index (χ1) is 17.5. The number of hydrazine groups is 1. The number of hydrogen-bond donors (Lipinski definition) is 2. The number of anilines is 1. The number of halogens is 1. The summed E-state index contributed by atoms with van der Waals surface area (Å²) in [6.07, 6.45) is 4.40. The number of ether oxygens (including phenoxy) is 1. The number of rotatable bonds is 5. The molecule has 2 saturated heterocycles. The van der Waals surface area contributed by atoms with Gasteiger partial charge in [0, 0.05) is 31.7 Å². The lowest BCUT2D eigenvalue weighted by molar-refractivity contribution is -0.127. The Balaban J connectivity index is 1.48. The van der Waals surface area contributed by atoms with Crippen molar-refractivity contribution in [3.05, 3.63) is 47.8 Å². The van der Waals surface area contributed by atoms with E-state index < -0.39 is 0 Å². The highest BCUT2D eigenvalue weighted by Gasteiger charge is 2.28. The number of aromatic nitrogens is 4. The van der Waals surface area contributed by atoms with Gasteiger partial charge in [0.15, 0.2) is 5.65 Å². The molecule has 0 saturated carbocycles. The van der Waals surface area contributed by atoms with Crippen molar-refractivity contribution in [2.24, 2.45) is 0 Å². The van der Waals surface area contributed by atoms with E-state index in [-0.39, 0.29) is 22.9 Å². The molecule has 2 fully saturated rings. The summed E-state index contributed by atoms with van der Waals surface area (Å²) >= 11 is 6.55. The Morgan fingerprint density at radius 2 is 2.03 bits per heavy atom. The molecule has 0 unspecified atom stereocenters. The first kappa shape index (κ1) is 24.2. The minimum Gasteiger partial charge on any atom is -0.383 e. The van der Waals surface area contributed by atoms with Crippen LogP contribution in [0.15, 0.2) is 37.2 Å². The molecule has 2 amide bonds. The summed E-state index contributed by atoms with van der Waals surface area (Å²) in [5.41, 5.74) is 11.3. The number of carbonyl (C=O) groups is 2. The second-order valence-electron chi connectivity index (χ2n) is 8.77. The van der Waals surface area contributed by atoms with Gasteiger partial charge in [-0.25, -0.2) is 19.7 Å². The Labute approximate surface area is 212 Å². The van der Waals surface area contributed by atoms with Crippen molar-refractivity contribution in [2.45, 2.75) is 18.9 Å². The second kappa shape index (κ2) is 10.2. The zero-order valence-electron chi connectivity index (χ0n) is 19.7. The molecule has 188 valence electrons. The first-order valence-electron chi connectivity index (χ1n) is 11.8. The van der Waals surface area contributed by atoms with E-state index in [1.807, 2.05) is 9.69 Å². The normalized spacial score (nSPS) is 18.8. The highest BCUT2D eigenvalue weighted by atomic mass is 35.5. The van der Waals surface area contributed by atoms with E-state index in [0.29, 0.717) is 73.1 Å². The largest absolute Gasteiger partial charge is 0.383 e. The maximum absolute atomic E-state index is 12.8. The van der Waals surface area contributed by atoms with Gasteiger partial charge in [0.25, 0.3) is 5.91 Å². The number of nitrogens with two attached hydrogens (primary N) is 1. The average Bonchev–Trinajstić information content (AvgIpc) is 3.30. The van der Waals surface area contributed by atoms with Gasteiger partial charge < -0.3 is 15.4 Å². The van der Waals surface area contributed by atoms with Crippen LogP contribution >= 0.6 is 11.6 Å². The number of amides is 2. The van der Waals surface area contributed by atoms with Crippen LogP contribution in [0.1, 0.15) is 29.2 Å². The zero-order valence-corrected chi connectivity index (χ0v) is 20.4. The van der Waals surface area contributed by atoms with Gasteiger partial charge in [0.05, 0.1) is 35.2 Å². The van der Waals surface area contributed by atoms with E-state index in [1.165, 1.54) is 12.4 Å². The summed E-state index contributed by atoms with van der Waals surface area (Å²) in [7, 11) is 0. The lowest BCUT2D eigenvalue weighted by Crippen LogP contribution is -2.48. The molecular formula is C24H27ClN8O3. The molecular weight excluding hydrogens is 484 g/mol. The number of hydrogen-bond acceptors (Lipinski definition) is 8. The number of morpholine rings is 1. The van der Waals surface area contributed by atoms with Crippen LogP contribution in [0, 0.1) is 0 Å². The predicted octanol–water partition coefficient (Wildman–Crippen LogP) is 2.06. The van der Waals surface area contributed by atoms with Crippen LogP contribution in [-0.2, 0) is 9.53 Å². The number of nitrogen functional groups attached to an aromatic ring is 1. The summed E-state index contributed by atoms with van der Waals surface area (Å²) in [5, 5.41) is 7.57. The number of carbonyl (C=O) groups excluding carboxylic acids is 2. The lowest BCUT2D eigenvalue weighted by Gasteiger charge is -2.32. The minimum atomic E-state index is -0.291. The Morgan fingerprint density at radius 3 is 2.78 bits per heavy atom. The van der Waals surface area contributed by atoms with Crippen molar-refractivity contribution in [1.82, 2.24) is 35.1 Å². The van der Waals surface area contributed by atoms with Crippen LogP contribution in [-0.4, -0.2) is 80.9 Å². The average molecular weight is 511 g/mol. The smallest absolute Gasteiger partial charge is 0.267 e.